The van der Waals surface area contributed by atoms with E-state index in [0.717, 1.165) is 11.3 Å². The second-order valence-electron chi connectivity index (χ2n) is 4.32. The van der Waals surface area contributed by atoms with Gasteiger partial charge in [-0.15, -0.1) is 0 Å². The van der Waals surface area contributed by atoms with Gasteiger partial charge in [-0.2, -0.15) is 10.5 Å². The minimum absolute atomic E-state index is 0.0869. The highest BCUT2D eigenvalue weighted by molar-refractivity contribution is 7.99. The molecule has 0 radical (unpaired) electrons. The summed E-state index contributed by atoms with van der Waals surface area (Å²) in [6.45, 7) is 2.06. The fourth-order valence-electron chi connectivity index (χ4n) is 1.84. The molecule has 2 aromatic rings. The first-order chi connectivity index (χ1) is 10.1. The van der Waals surface area contributed by atoms with Crippen molar-refractivity contribution in [2.75, 3.05) is 0 Å². The maximum atomic E-state index is 9.76. The number of nitriles is 2. The molecule has 0 aromatic heterocycles. The molecule has 0 fully saturated rings. The Labute approximate surface area is 126 Å². The normalized spacial score (nSPS) is 9.86. The molecule has 2 N–H and O–H groups in total. The Morgan fingerprint density at radius 1 is 1.10 bits per heavy atom. The summed E-state index contributed by atoms with van der Waals surface area (Å²) < 4.78 is 0. The van der Waals surface area contributed by atoms with Crippen LogP contribution in [0.2, 0.25) is 0 Å². The topological polar surface area (TPSA) is 88.0 Å². The molecule has 0 spiro atoms. The van der Waals surface area contributed by atoms with E-state index in [0.29, 0.717) is 4.90 Å². The lowest BCUT2D eigenvalue weighted by Crippen LogP contribution is -1.90. The van der Waals surface area contributed by atoms with E-state index < -0.39 is 11.5 Å². The van der Waals surface area contributed by atoms with Crippen molar-refractivity contribution in [2.24, 2.45) is 0 Å². The van der Waals surface area contributed by atoms with E-state index in [2.05, 4.69) is 6.92 Å². The van der Waals surface area contributed by atoms with Crippen molar-refractivity contribution in [3.63, 3.8) is 0 Å². The minimum Gasteiger partial charge on any atom is -0.504 e. The van der Waals surface area contributed by atoms with Gasteiger partial charge in [-0.3, -0.25) is 0 Å². The van der Waals surface area contributed by atoms with Crippen molar-refractivity contribution < 1.29 is 10.2 Å². The second-order valence-corrected chi connectivity index (χ2v) is 5.40. The lowest BCUT2D eigenvalue weighted by molar-refractivity contribution is 0.401. The van der Waals surface area contributed by atoms with Gasteiger partial charge in [-0.05, 0) is 24.1 Å². The third kappa shape index (κ3) is 2.94. The van der Waals surface area contributed by atoms with Gasteiger partial charge in [0.1, 0.15) is 17.7 Å². The molecule has 104 valence electrons. The Hall–Kier alpha value is -2.63. The van der Waals surface area contributed by atoms with Crippen molar-refractivity contribution in [2.45, 2.75) is 23.1 Å². The molecule has 5 heteroatoms. The van der Waals surface area contributed by atoms with Crippen LogP contribution in [0.4, 0.5) is 0 Å². The first kappa shape index (κ1) is 14.8. The van der Waals surface area contributed by atoms with Crippen LogP contribution in [0, 0.1) is 22.7 Å². The second kappa shape index (κ2) is 6.21. The van der Waals surface area contributed by atoms with Crippen LogP contribution in [0.15, 0.2) is 40.1 Å². The molecular formula is C16H12N2O2S. The van der Waals surface area contributed by atoms with Crippen molar-refractivity contribution in [1.82, 2.24) is 0 Å². The van der Waals surface area contributed by atoms with Gasteiger partial charge < -0.3 is 10.2 Å². The Balaban J connectivity index is 2.50. The Kier molecular flexibility index (Phi) is 4.37. The number of benzene rings is 2. The van der Waals surface area contributed by atoms with Gasteiger partial charge in [0.25, 0.3) is 0 Å². The molecule has 0 aliphatic heterocycles. The quantitative estimate of drug-likeness (QED) is 0.845. The third-order valence-corrected chi connectivity index (χ3v) is 4.15. The van der Waals surface area contributed by atoms with Crippen LogP contribution in [0.5, 0.6) is 11.5 Å². The Bertz CT molecular complexity index is 756. The number of hydrogen-bond acceptors (Lipinski definition) is 5. The number of phenolic OH excluding ortho intramolecular Hbond substituents is 2. The molecule has 21 heavy (non-hydrogen) atoms. The highest BCUT2D eigenvalue weighted by Gasteiger charge is 2.18. The van der Waals surface area contributed by atoms with Gasteiger partial charge in [0.15, 0.2) is 11.5 Å². The molecular weight excluding hydrogens is 284 g/mol. The zero-order valence-electron chi connectivity index (χ0n) is 11.3. The fourth-order valence-corrected chi connectivity index (χ4v) is 2.81. The van der Waals surface area contributed by atoms with Crippen molar-refractivity contribution in [3.05, 3.63) is 47.0 Å². The highest BCUT2D eigenvalue weighted by Crippen LogP contribution is 2.41. The number of hydrogen-bond donors (Lipinski definition) is 2. The highest BCUT2D eigenvalue weighted by atomic mass is 32.2. The fraction of sp³-hybridized carbons (Fsp3) is 0.125. The molecule has 0 amide bonds. The van der Waals surface area contributed by atoms with E-state index in [4.69, 9.17) is 10.5 Å². The molecule has 0 aliphatic carbocycles. The van der Waals surface area contributed by atoms with Gasteiger partial charge in [0.05, 0.1) is 10.5 Å². The lowest BCUT2D eigenvalue weighted by Gasteiger charge is -2.09. The maximum absolute atomic E-state index is 9.76. The van der Waals surface area contributed by atoms with Crippen molar-refractivity contribution in [3.8, 4) is 23.6 Å². The van der Waals surface area contributed by atoms with E-state index in [9.17, 15) is 10.2 Å². The minimum atomic E-state index is -0.496. The van der Waals surface area contributed by atoms with E-state index in [1.807, 2.05) is 36.4 Å². The summed E-state index contributed by atoms with van der Waals surface area (Å²) in [6, 6.07) is 12.7. The predicted octanol–water partition coefficient (Wildman–Crippen LogP) is 3.55. The molecule has 0 aliphatic rings. The number of rotatable bonds is 3. The van der Waals surface area contributed by atoms with E-state index in [-0.39, 0.29) is 11.1 Å². The van der Waals surface area contributed by atoms with E-state index in [1.165, 1.54) is 23.4 Å². The van der Waals surface area contributed by atoms with Crippen LogP contribution >= 0.6 is 11.8 Å². The zero-order chi connectivity index (χ0) is 15.4. The molecule has 2 aromatic carbocycles. The average Bonchev–Trinajstić information content (AvgIpc) is 2.51. The lowest BCUT2D eigenvalue weighted by atomic mass is 10.1. The van der Waals surface area contributed by atoms with Crippen LogP contribution in [0.3, 0.4) is 0 Å². The maximum Gasteiger partial charge on any atom is 0.176 e. The number of aryl methyl sites for hydroxylation is 1. The largest absolute Gasteiger partial charge is 0.504 e. The monoisotopic (exact) mass is 296 g/mol. The molecule has 0 heterocycles. The van der Waals surface area contributed by atoms with Crippen molar-refractivity contribution in [1.29, 1.82) is 10.5 Å². The molecule has 2 rings (SSSR count). The van der Waals surface area contributed by atoms with Crippen LogP contribution in [-0.4, -0.2) is 10.2 Å². The van der Waals surface area contributed by atoms with Gasteiger partial charge >= 0.3 is 0 Å². The van der Waals surface area contributed by atoms with Gasteiger partial charge in [0, 0.05) is 11.0 Å². The van der Waals surface area contributed by atoms with Gasteiger partial charge in [0.2, 0.25) is 0 Å². The standard InChI is InChI=1S/C16H12N2O2S/c1-2-10-3-5-12(6-4-10)21-16-11(8-17)7-14(19)15(20)13(16)9-18/h3-7,19-20H,2H2,1H3. The molecule has 0 saturated carbocycles. The predicted molar refractivity (Wildman–Crippen MR) is 79.1 cm³/mol. The summed E-state index contributed by atoms with van der Waals surface area (Å²) in [5, 5.41) is 37.6. The van der Waals surface area contributed by atoms with Crippen LogP contribution in [0.1, 0.15) is 23.6 Å². The summed E-state index contributed by atoms with van der Waals surface area (Å²) >= 11 is 1.22. The summed E-state index contributed by atoms with van der Waals surface area (Å²) in [5.41, 5.74) is 1.26. The SMILES string of the molecule is CCc1ccc(Sc2c(C#N)cc(O)c(O)c2C#N)cc1. The van der Waals surface area contributed by atoms with Gasteiger partial charge in [-0.25, -0.2) is 0 Å². The first-order valence-corrected chi connectivity index (χ1v) is 7.08. The van der Waals surface area contributed by atoms with Gasteiger partial charge in [-0.1, -0.05) is 30.8 Å². The zero-order valence-corrected chi connectivity index (χ0v) is 12.1. The molecule has 4 nitrogen and oxygen atoms in total. The average molecular weight is 296 g/mol. The summed E-state index contributed by atoms with van der Waals surface area (Å²) in [5.74, 6) is -0.960. The van der Waals surface area contributed by atoms with Crippen LogP contribution < -0.4 is 0 Å². The number of nitrogens with zero attached hydrogens (tertiary/aromatic N) is 2. The van der Waals surface area contributed by atoms with Crippen molar-refractivity contribution >= 4 is 11.8 Å². The Morgan fingerprint density at radius 2 is 1.76 bits per heavy atom. The summed E-state index contributed by atoms with van der Waals surface area (Å²) in [4.78, 5) is 1.20. The number of aromatic hydroxyl groups is 2. The van der Waals surface area contributed by atoms with Crippen LogP contribution in [0.25, 0.3) is 0 Å². The summed E-state index contributed by atoms with van der Waals surface area (Å²) in [7, 11) is 0. The first-order valence-electron chi connectivity index (χ1n) is 6.26. The molecule has 0 atom stereocenters. The van der Waals surface area contributed by atoms with E-state index >= 15 is 0 Å². The Morgan fingerprint density at radius 3 is 2.29 bits per heavy atom. The van der Waals surface area contributed by atoms with E-state index in [1.54, 1.807) is 0 Å². The summed E-state index contributed by atoms with van der Waals surface area (Å²) in [6.07, 6.45) is 0.928. The van der Waals surface area contributed by atoms with Crippen LogP contribution in [-0.2, 0) is 6.42 Å². The third-order valence-electron chi connectivity index (χ3n) is 3.02. The number of phenols is 2. The molecule has 0 bridgehead atoms. The molecule has 0 saturated heterocycles. The molecule has 0 unspecified atom stereocenters. The smallest absolute Gasteiger partial charge is 0.176 e.